The van der Waals surface area contributed by atoms with Gasteiger partial charge in [-0.05, 0) is 42.9 Å². The number of thioether (sulfide) groups is 1. The summed E-state index contributed by atoms with van der Waals surface area (Å²) in [5.74, 6) is 4.00. The van der Waals surface area contributed by atoms with E-state index in [1.165, 1.54) is 23.5 Å². The summed E-state index contributed by atoms with van der Waals surface area (Å²) in [6.07, 6.45) is 1.24. The van der Waals surface area contributed by atoms with E-state index in [-0.39, 0.29) is 6.04 Å². The van der Waals surface area contributed by atoms with Crippen LogP contribution in [0.15, 0.2) is 24.3 Å². The standard InChI is InChI=1S/C13H19NOS/c1-10-2-4-12(5-3-10)15-8-13(14)11-6-7-16-9-11/h2-5,11,13H,6-9,14H2,1H3. The summed E-state index contributed by atoms with van der Waals surface area (Å²) in [6, 6.07) is 8.31. The monoisotopic (exact) mass is 237 g/mol. The summed E-state index contributed by atoms with van der Waals surface area (Å²) in [5.41, 5.74) is 7.37. The van der Waals surface area contributed by atoms with E-state index < -0.39 is 0 Å². The molecule has 1 saturated heterocycles. The van der Waals surface area contributed by atoms with Crippen molar-refractivity contribution >= 4 is 11.8 Å². The van der Waals surface area contributed by atoms with Crippen LogP contribution in [0.2, 0.25) is 0 Å². The molecule has 0 saturated carbocycles. The highest BCUT2D eigenvalue weighted by Crippen LogP contribution is 2.25. The Balaban J connectivity index is 1.80. The minimum absolute atomic E-state index is 0.177. The van der Waals surface area contributed by atoms with E-state index in [1.807, 2.05) is 23.9 Å². The van der Waals surface area contributed by atoms with E-state index in [2.05, 4.69) is 19.1 Å². The number of benzene rings is 1. The molecule has 2 unspecified atom stereocenters. The van der Waals surface area contributed by atoms with Gasteiger partial charge in [-0.2, -0.15) is 11.8 Å². The van der Waals surface area contributed by atoms with Crippen LogP contribution in [-0.4, -0.2) is 24.2 Å². The molecule has 2 rings (SSSR count). The molecule has 1 aromatic carbocycles. The third-order valence-electron chi connectivity index (χ3n) is 3.03. The summed E-state index contributed by atoms with van der Waals surface area (Å²) >= 11 is 2.00. The van der Waals surface area contributed by atoms with Gasteiger partial charge in [-0.15, -0.1) is 0 Å². The summed E-state index contributed by atoms with van der Waals surface area (Å²) < 4.78 is 5.70. The molecule has 2 N–H and O–H groups in total. The van der Waals surface area contributed by atoms with Crippen molar-refractivity contribution in [3.63, 3.8) is 0 Å². The highest BCUT2D eigenvalue weighted by Gasteiger charge is 2.22. The van der Waals surface area contributed by atoms with Gasteiger partial charge >= 0.3 is 0 Å². The number of rotatable bonds is 4. The molecule has 1 aliphatic rings. The van der Waals surface area contributed by atoms with Crippen molar-refractivity contribution in [3.8, 4) is 5.75 Å². The van der Waals surface area contributed by atoms with Gasteiger partial charge in [-0.1, -0.05) is 17.7 Å². The SMILES string of the molecule is Cc1ccc(OCC(N)C2CCSC2)cc1. The van der Waals surface area contributed by atoms with Crippen molar-refractivity contribution in [2.24, 2.45) is 11.7 Å². The predicted octanol–water partition coefficient (Wildman–Crippen LogP) is 2.45. The largest absolute Gasteiger partial charge is 0.492 e. The molecule has 0 bridgehead atoms. The van der Waals surface area contributed by atoms with Crippen LogP contribution in [0.4, 0.5) is 0 Å². The first kappa shape index (κ1) is 11.8. The van der Waals surface area contributed by atoms with Gasteiger partial charge in [0.05, 0.1) is 0 Å². The van der Waals surface area contributed by atoms with Crippen LogP contribution in [-0.2, 0) is 0 Å². The molecule has 0 amide bonds. The van der Waals surface area contributed by atoms with Crippen LogP contribution in [0.3, 0.4) is 0 Å². The minimum atomic E-state index is 0.177. The topological polar surface area (TPSA) is 35.2 Å². The van der Waals surface area contributed by atoms with Gasteiger partial charge in [0, 0.05) is 6.04 Å². The molecule has 0 spiro atoms. The quantitative estimate of drug-likeness (QED) is 0.873. The Hall–Kier alpha value is -0.670. The highest BCUT2D eigenvalue weighted by molar-refractivity contribution is 7.99. The zero-order valence-electron chi connectivity index (χ0n) is 9.69. The lowest BCUT2D eigenvalue weighted by Crippen LogP contribution is -2.35. The van der Waals surface area contributed by atoms with Crippen molar-refractivity contribution in [1.29, 1.82) is 0 Å². The second-order valence-corrected chi connectivity index (χ2v) is 5.56. The third kappa shape index (κ3) is 3.16. The fraction of sp³-hybridized carbons (Fsp3) is 0.538. The van der Waals surface area contributed by atoms with Gasteiger partial charge in [0.2, 0.25) is 0 Å². The van der Waals surface area contributed by atoms with Crippen molar-refractivity contribution in [2.45, 2.75) is 19.4 Å². The second-order valence-electron chi connectivity index (χ2n) is 4.41. The van der Waals surface area contributed by atoms with E-state index in [9.17, 15) is 0 Å². The average Bonchev–Trinajstić information content (AvgIpc) is 2.81. The lowest BCUT2D eigenvalue weighted by atomic mass is 10.0. The Labute approximate surface area is 102 Å². The molecule has 3 heteroatoms. The first-order valence-corrected chi connectivity index (χ1v) is 6.94. The number of hydrogen-bond acceptors (Lipinski definition) is 3. The number of aryl methyl sites for hydroxylation is 1. The molecular weight excluding hydrogens is 218 g/mol. The molecule has 0 radical (unpaired) electrons. The van der Waals surface area contributed by atoms with Crippen molar-refractivity contribution in [3.05, 3.63) is 29.8 Å². The molecule has 16 heavy (non-hydrogen) atoms. The average molecular weight is 237 g/mol. The Morgan fingerprint density at radius 2 is 2.19 bits per heavy atom. The molecule has 1 aromatic rings. The maximum absolute atomic E-state index is 6.12. The van der Waals surface area contributed by atoms with Crippen LogP contribution in [0.1, 0.15) is 12.0 Å². The number of ether oxygens (including phenoxy) is 1. The maximum Gasteiger partial charge on any atom is 0.119 e. The summed E-state index contributed by atoms with van der Waals surface area (Å²) in [7, 11) is 0. The first-order valence-electron chi connectivity index (χ1n) is 5.78. The van der Waals surface area contributed by atoms with Crippen molar-refractivity contribution in [2.75, 3.05) is 18.1 Å². The van der Waals surface area contributed by atoms with Gasteiger partial charge in [0.25, 0.3) is 0 Å². The lowest BCUT2D eigenvalue weighted by molar-refractivity contribution is 0.255. The van der Waals surface area contributed by atoms with Gasteiger partial charge < -0.3 is 10.5 Å². The normalized spacial score (nSPS) is 22.0. The van der Waals surface area contributed by atoms with Crippen LogP contribution in [0, 0.1) is 12.8 Å². The van der Waals surface area contributed by atoms with Gasteiger partial charge in [0.15, 0.2) is 0 Å². The molecule has 1 fully saturated rings. The van der Waals surface area contributed by atoms with Crippen molar-refractivity contribution in [1.82, 2.24) is 0 Å². The highest BCUT2D eigenvalue weighted by atomic mass is 32.2. The number of hydrogen-bond donors (Lipinski definition) is 1. The Kier molecular flexibility index (Phi) is 4.13. The first-order chi connectivity index (χ1) is 7.75. The van der Waals surface area contributed by atoms with Crippen LogP contribution in [0.25, 0.3) is 0 Å². The van der Waals surface area contributed by atoms with Gasteiger partial charge in [-0.25, -0.2) is 0 Å². The van der Waals surface area contributed by atoms with E-state index in [1.54, 1.807) is 0 Å². The summed E-state index contributed by atoms with van der Waals surface area (Å²) in [6.45, 7) is 2.71. The fourth-order valence-corrected chi connectivity index (χ4v) is 3.21. The van der Waals surface area contributed by atoms with Gasteiger partial charge in [0.1, 0.15) is 12.4 Å². The second kappa shape index (κ2) is 5.60. The minimum Gasteiger partial charge on any atom is -0.492 e. The molecule has 2 nitrogen and oxygen atoms in total. The van der Waals surface area contributed by atoms with E-state index in [0.29, 0.717) is 12.5 Å². The molecule has 1 aliphatic heterocycles. The smallest absolute Gasteiger partial charge is 0.119 e. The molecule has 0 aromatic heterocycles. The molecule has 0 aliphatic carbocycles. The Bertz CT molecular complexity index is 319. The van der Waals surface area contributed by atoms with E-state index >= 15 is 0 Å². The lowest BCUT2D eigenvalue weighted by Gasteiger charge is -2.18. The molecule has 1 heterocycles. The van der Waals surface area contributed by atoms with E-state index in [4.69, 9.17) is 10.5 Å². The van der Waals surface area contributed by atoms with Crippen LogP contribution >= 0.6 is 11.8 Å². The van der Waals surface area contributed by atoms with E-state index in [0.717, 1.165) is 5.75 Å². The Morgan fingerprint density at radius 1 is 1.44 bits per heavy atom. The summed E-state index contributed by atoms with van der Waals surface area (Å²) in [4.78, 5) is 0. The molecule has 88 valence electrons. The zero-order valence-corrected chi connectivity index (χ0v) is 10.5. The maximum atomic E-state index is 6.12. The molecular formula is C13H19NOS. The fourth-order valence-electron chi connectivity index (χ4n) is 1.85. The third-order valence-corrected chi connectivity index (χ3v) is 4.22. The van der Waals surface area contributed by atoms with Gasteiger partial charge in [-0.3, -0.25) is 0 Å². The van der Waals surface area contributed by atoms with Crippen LogP contribution in [0.5, 0.6) is 5.75 Å². The van der Waals surface area contributed by atoms with Crippen LogP contribution < -0.4 is 10.5 Å². The summed E-state index contributed by atoms with van der Waals surface area (Å²) in [5, 5.41) is 0. The zero-order chi connectivity index (χ0) is 11.4. The number of nitrogens with two attached hydrogens (primary N) is 1. The van der Waals surface area contributed by atoms with Crippen molar-refractivity contribution < 1.29 is 4.74 Å². The Morgan fingerprint density at radius 3 is 2.81 bits per heavy atom. The predicted molar refractivity (Wildman–Crippen MR) is 70.1 cm³/mol. The molecule has 2 atom stereocenters.